The predicted molar refractivity (Wildman–Crippen MR) is 110 cm³/mol. The lowest BCUT2D eigenvalue weighted by atomic mass is 9.49. The van der Waals surface area contributed by atoms with E-state index in [0.29, 0.717) is 6.85 Å². The van der Waals surface area contributed by atoms with E-state index < -0.39 is 0 Å². The van der Waals surface area contributed by atoms with Crippen LogP contribution in [0.1, 0.15) is 23.2 Å². The zero-order valence-electron chi connectivity index (χ0n) is 14.4. The smallest absolute Gasteiger partial charge is 0.330 e. The second kappa shape index (κ2) is 4.39. The van der Waals surface area contributed by atoms with Crippen molar-refractivity contribution >= 4 is 34.2 Å². The highest BCUT2D eigenvalue weighted by Crippen LogP contribution is 2.43. The Morgan fingerprint density at radius 1 is 0.769 bits per heavy atom. The van der Waals surface area contributed by atoms with Crippen LogP contribution in [0.5, 0.6) is 0 Å². The molecule has 3 aromatic carbocycles. The lowest BCUT2D eigenvalue weighted by Gasteiger charge is -2.29. The molecule has 0 saturated carbocycles. The summed E-state index contributed by atoms with van der Waals surface area (Å²) < 4.78 is 2.63. The first-order valence-electron chi connectivity index (χ1n) is 9.48. The summed E-state index contributed by atoms with van der Waals surface area (Å²) in [4.78, 5) is 0. The highest BCUT2D eigenvalue weighted by molar-refractivity contribution is 6.90. The van der Waals surface area contributed by atoms with Gasteiger partial charge in [0.2, 0.25) is 0 Å². The van der Waals surface area contributed by atoms with Gasteiger partial charge in [0.05, 0.1) is 0 Å². The lowest BCUT2D eigenvalue weighted by molar-refractivity contribution is 0.971. The van der Waals surface area contributed by atoms with E-state index in [1.807, 2.05) is 0 Å². The van der Waals surface area contributed by atoms with Crippen LogP contribution in [-0.2, 0) is 6.42 Å². The molecule has 1 aliphatic carbocycles. The summed E-state index contributed by atoms with van der Waals surface area (Å²) in [5.41, 5.74) is 13.0. The predicted octanol–water partition coefficient (Wildman–Crippen LogP) is 3.97. The average Bonchev–Trinajstić information content (AvgIpc) is 3.21. The maximum Gasteiger partial charge on any atom is 0.330 e. The number of fused-ring (bicyclic) bond motifs is 8. The number of benzene rings is 3. The molecule has 0 unspecified atom stereocenters. The van der Waals surface area contributed by atoms with Gasteiger partial charge in [-0.3, -0.25) is 0 Å². The maximum atomic E-state index is 2.63. The molecule has 2 heteroatoms. The monoisotopic (exact) mass is 329 g/mol. The second-order valence-electron chi connectivity index (χ2n) is 7.63. The molecule has 1 nitrogen and oxygen atoms in total. The third-order valence-corrected chi connectivity index (χ3v) is 6.49. The van der Waals surface area contributed by atoms with Crippen LogP contribution in [0, 0.1) is 0 Å². The van der Waals surface area contributed by atoms with E-state index in [1.165, 1.54) is 49.8 Å². The molecule has 26 heavy (non-hydrogen) atoms. The topological polar surface area (TPSA) is 4.93 Å². The van der Waals surface area contributed by atoms with Crippen LogP contribution in [0.2, 0.25) is 0 Å². The number of aromatic nitrogens is 1. The van der Waals surface area contributed by atoms with Gasteiger partial charge in [-0.25, -0.2) is 0 Å². The minimum absolute atomic E-state index is 0.307. The van der Waals surface area contributed by atoms with Crippen LogP contribution in [0.3, 0.4) is 0 Å². The number of allylic oxidation sites excluding steroid dienone is 1. The molecule has 2 aliphatic heterocycles. The number of para-hydroxylation sites is 1. The van der Waals surface area contributed by atoms with Crippen LogP contribution in [-0.4, -0.2) is 11.3 Å². The van der Waals surface area contributed by atoms with E-state index in [0.717, 1.165) is 12.8 Å². The summed E-state index contributed by atoms with van der Waals surface area (Å²) >= 11 is 0. The zero-order valence-corrected chi connectivity index (χ0v) is 14.4. The molecule has 0 radical (unpaired) electrons. The highest BCUT2D eigenvalue weighted by Gasteiger charge is 2.43. The first-order chi connectivity index (χ1) is 12.9. The number of nitrogens with zero attached hydrogens (tertiary/aromatic N) is 1. The summed E-state index contributed by atoms with van der Waals surface area (Å²) in [6.45, 7) is 0.307. The first-order valence-corrected chi connectivity index (χ1v) is 9.48. The Hall–Kier alpha value is -3.00. The number of hydrogen-bond acceptors (Lipinski definition) is 0. The molecule has 0 atom stereocenters. The standard InChI is InChI=1S/C24H16BN/c1-3-13-21-15(7-1)17-9-5-10-18-20-12-6-11-19-16-8-2-4-14-22(16)26(24(19)20)25(21)23(17)18/h1-5,7-10,12-14H,6,11H2. The molecule has 0 saturated heterocycles. The van der Waals surface area contributed by atoms with Crippen LogP contribution < -0.4 is 10.9 Å². The van der Waals surface area contributed by atoms with Crippen molar-refractivity contribution in [3.63, 3.8) is 0 Å². The van der Waals surface area contributed by atoms with Crippen molar-refractivity contribution in [2.45, 2.75) is 12.8 Å². The fourth-order valence-corrected chi connectivity index (χ4v) is 5.57. The molecule has 0 N–H and O–H groups in total. The Bertz CT molecular complexity index is 1290. The van der Waals surface area contributed by atoms with Gasteiger partial charge in [0.15, 0.2) is 0 Å². The summed E-state index contributed by atoms with van der Waals surface area (Å²) in [6, 6.07) is 24.8. The molecule has 0 bridgehead atoms. The van der Waals surface area contributed by atoms with E-state index in [1.54, 1.807) is 5.56 Å². The van der Waals surface area contributed by atoms with Crippen molar-refractivity contribution in [3.8, 4) is 11.1 Å². The Labute approximate surface area is 152 Å². The van der Waals surface area contributed by atoms with Gasteiger partial charge in [0.1, 0.15) is 0 Å². The average molecular weight is 329 g/mol. The van der Waals surface area contributed by atoms with Gasteiger partial charge in [-0.15, -0.1) is 0 Å². The Kier molecular flexibility index (Phi) is 2.24. The minimum atomic E-state index is 0.307. The number of aryl methyl sites for hydroxylation is 1. The molecule has 0 amide bonds. The van der Waals surface area contributed by atoms with Gasteiger partial charge in [0.25, 0.3) is 0 Å². The van der Waals surface area contributed by atoms with Crippen molar-refractivity contribution < 1.29 is 0 Å². The fourth-order valence-electron chi connectivity index (χ4n) is 5.57. The van der Waals surface area contributed by atoms with E-state index in [4.69, 9.17) is 0 Å². The van der Waals surface area contributed by atoms with Crippen molar-refractivity contribution in [3.05, 3.63) is 89.6 Å². The van der Waals surface area contributed by atoms with Gasteiger partial charge in [-0.2, -0.15) is 0 Å². The minimum Gasteiger partial charge on any atom is -0.376 e. The molecule has 0 spiro atoms. The lowest BCUT2D eigenvalue weighted by Crippen LogP contribution is -2.50. The zero-order chi connectivity index (χ0) is 16.8. The van der Waals surface area contributed by atoms with Gasteiger partial charge in [-0.05, 0) is 52.1 Å². The Morgan fingerprint density at radius 3 is 2.58 bits per heavy atom. The summed E-state index contributed by atoms with van der Waals surface area (Å²) in [6.07, 6.45) is 4.75. The fraction of sp³-hybridized carbons (Fsp3) is 0.0833. The van der Waals surface area contributed by atoms with Gasteiger partial charge in [-0.1, -0.05) is 66.7 Å². The molecular formula is C24H16BN. The van der Waals surface area contributed by atoms with Crippen LogP contribution >= 0.6 is 0 Å². The Morgan fingerprint density at radius 2 is 1.58 bits per heavy atom. The Balaban J connectivity index is 1.74. The number of hydrogen-bond donors (Lipinski definition) is 0. The molecule has 4 aromatic rings. The van der Waals surface area contributed by atoms with Crippen molar-refractivity contribution in [2.24, 2.45) is 0 Å². The summed E-state index contributed by atoms with van der Waals surface area (Å²) in [7, 11) is 0. The molecular weight excluding hydrogens is 313 g/mol. The third kappa shape index (κ3) is 1.35. The highest BCUT2D eigenvalue weighted by atomic mass is 14.9. The second-order valence-corrected chi connectivity index (χ2v) is 7.63. The van der Waals surface area contributed by atoms with Gasteiger partial charge in [0, 0.05) is 22.2 Å². The normalized spacial score (nSPS) is 15.5. The first kappa shape index (κ1) is 13.2. The SMILES string of the molecule is C1=C2c3cccc4c3B(c3ccccc3-4)n3c2c(c2ccccc23)CC1. The summed E-state index contributed by atoms with van der Waals surface area (Å²) in [5.74, 6) is 0. The molecule has 120 valence electrons. The van der Waals surface area contributed by atoms with Crippen LogP contribution in [0.15, 0.2) is 72.8 Å². The van der Waals surface area contributed by atoms with Crippen LogP contribution in [0.25, 0.3) is 27.6 Å². The molecule has 0 fully saturated rings. The quantitative estimate of drug-likeness (QED) is 0.372. The maximum absolute atomic E-state index is 2.63. The van der Waals surface area contributed by atoms with Crippen molar-refractivity contribution in [1.29, 1.82) is 0 Å². The van der Waals surface area contributed by atoms with Crippen molar-refractivity contribution in [2.75, 3.05) is 0 Å². The van der Waals surface area contributed by atoms with Gasteiger partial charge >= 0.3 is 6.85 Å². The molecule has 3 heterocycles. The third-order valence-electron chi connectivity index (χ3n) is 6.49. The number of rotatable bonds is 0. The van der Waals surface area contributed by atoms with Gasteiger partial charge < -0.3 is 4.48 Å². The molecule has 1 aromatic heterocycles. The molecule has 7 rings (SSSR count). The van der Waals surface area contributed by atoms with Crippen molar-refractivity contribution in [1.82, 2.24) is 4.48 Å². The summed E-state index contributed by atoms with van der Waals surface area (Å²) in [5, 5.41) is 1.44. The molecule has 3 aliphatic rings. The van der Waals surface area contributed by atoms with E-state index in [9.17, 15) is 0 Å². The van der Waals surface area contributed by atoms with E-state index in [2.05, 4.69) is 77.3 Å². The van der Waals surface area contributed by atoms with Crippen LogP contribution in [0.4, 0.5) is 0 Å². The van der Waals surface area contributed by atoms with E-state index >= 15 is 0 Å². The van der Waals surface area contributed by atoms with E-state index in [-0.39, 0.29) is 0 Å². The largest absolute Gasteiger partial charge is 0.376 e.